The second-order valence-corrected chi connectivity index (χ2v) is 16.8. The second-order valence-electron chi connectivity index (χ2n) is 16.8. The molecule has 1 saturated heterocycles. The van der Waals surface area contributed by atoms with Crippen LogP contribution in [-0.2, 0) is 20.9 Å². The van der Waals surface area contributed by atoms with Gasteiger partial charge in [-0.15, -0.1) is 10.2 Å². The van der Waals surface area contributed by atoms with Gasteiger partial charge in [-0.1, -0.05) is 32.0 Å². The lowest BCUT2D eigenvalue weighted by atomic mass is 9.96. The Balaban J connectivity index is 0.779. The van der Waals surface area contributed by atoms with Gasteiger partial charge in [0.25, 0.3) is 11.8 Å². The van der Waals surface area contributed by atoms with E-state index in [9.17, 15) is 24.6 Å². The molecular formula is C51H45N7O8. The zero-order chi connectivity index (χ0) is 45.6. The Morgan fingerprint density at radius 2 is 1.59 bits per heavy atom. The predicted octanol–water partition coefficient (Wildman–Crippen LogP) is 8.89. The largest absolute Gasteiger partial charge is 0.508 e. The Morgan fingerprint density at radius 1 is 0.848 bits per heavy atom. The van der Waals surface area contributed by atoms with Crippen LogP contribution in [0.3, 0.4) is 0 Å². The first-order chi connectivity index (χ1) is 32.0. The SMILES string of the molecule is CCNC(=O)c1nnc(-c2cc(C(C)C)c(O)cc2O)n1-c1ccc(Oc2ccc(C(=O)N3CCC(C(=O)OC4=COCc5cn6cc7cc8ccccc8nc7c6cc54)CC3)cc2)cc1. The third-order valence-corrected chi connectivity index (χ3v) is 12.1. The number of hydrogen-bond acceptors (Lipinski definition) is 11. The van der Waals surface area contributed by atoms with E-state index in [-0.39, 0.29) is 46.9 Å². The molecule has 0 radical (unpaired) electrons. The first-order valence-electron chi connectivity index (χ1n) is 21.9. The van der Waals surface area contributed by atoms with Crippen molar-refractivity contribution in [3.05, 3.63) is 144 Å². The van der Waals surface area contributed by atoms with Crippen LogP contribution in [0, 0.1) is 5.92 Å². The van der Waals surface area contributed by atoms with E-state index in [2.05, 4.69) is 27.8 Å². The summed E-state index contributed by atoms with van der Waals surface area (Å²) in [6.45, 7) is 7.15. The fourth-order valence-electron chi connectivity index (χ4n) is 8.67. The van der Waals surface area contributed by atoms with Gasteiger partial charge in [-0.25, -0.2) is 4.98 Å². The summed E-state index contributed by atoms with van der Waals surface area (Å²) >= 11 is 0. The van der Waals surface area contributed by atoms with Gasteiger partial charge in [0.2, 0.25) is 5.82 Å². The lowest BCUT2D eigenvalue weighted by Gasteiger charge is -2.31. The average Bonchev–Trinajstić information content (AvgIpc) is 3.92. The van der Waals surface area contributed by atoms with E-state index in [1.54, 1.807) is 71.0 Å². The van der Waals surface area contributed by atoms with Crippen LogP contribution < -0.4 is 10.1 Å². The molecule has 1 fully saturated rings. The van der Waals surface area contributed by atoms with Crippen molar-refractivity contribution in [3.63, 3.8) is 0 Å². The molecule has 6 heterocycles. The second kappa shape index (κ2) is 17.1. The first kappa shape index (κ1) is 41.8. The van der Waals surface area contributed by atoms with Crippen LogP contribution in [-0.4, -0.2) is 76.7 Å². The molecule has 2 aliphatic rings. The van der Waals surface area contributed by atoms with E-state index in [1.807, 2.05) is 54.8 Å². The van der Waals surface area contributed by atoms with E-state index in [1.165, 1.54) is 12.3 Å². The maximum absolute atomic E-state index is 13.6. The Bertz CT molecular complexity index is 3240. The summed E-state index contributed by atoms with van der Waals surface area (Å²) in [6, 6.07) is 28.8. The normalized spacial score (nSPS) is 14.0. The number of benzene rings is 4. The third kappa shape index (κ3) is 7.78. The number of amides is 2. The first-order valence-corrected chi connectivity index (χ1v) is 21.9. The van der Waals surface area contributed by atoms with Crippen molar-refractivity contribution in [2.24, 2.45) is 5.92 Å². The van der Waals surface area contributed by atoms with Crippen molar-refractivity contribution >= 4 is 50.9 Å². The van der Waals surface area contributed by atoms with Crippen LogP contribution in [0.15, 0.2) is 116 Å². The fourth-order valence-corrected chi connectivity index (χ4v) is 8.67. The number of ether oxygens (including phenoxy) is 3. The average molecular weight is 884 g/mol. The van der Waals surface area contributed by atoms with Crippen LogP contribution in [0.1, 0.15) is 77.2 Å². The van der Waals surface area contributed by atoms with Crippen LogP contribution >= 0.6 is 0 Å². The van der Waals surface area contributed by atoms with Crippen molar-refractivity contribution in [1.82, 2.24) is 34.4 Å². The van der Waals surface area contributed by atoms with Gasteiger partial charge in [0.05, 0.1) is 28.0 Å². The number of esters is 1. The molecule has 332 valence electrons. The molecule has 0 atom stereocenters. The number of phenols is 2. The van der Waals surface area contributed by atoms with Crippen molar-refractivity contribution in [2.75, 3.05) is 19.6 Å². The summed E-state index contributed by atoms with van der Waals surface area (Å²) in [5.74, 6) is -0.0615. The summed E-state index contributed by atoms with van der Waals surface area (Å²) in [7, 11) is 0. The van der Waals surface area contributed by atoms with Crippen molar-refractivity contribution in [1.29, 1.82) is 0 Å². The molecule has 0 aliphatic carbocycles. The molecule has 0 spiro atoms. The highest BCUT2D eigenvalue weighted by molar-refractivity contribution is 6.01. The molecule has 15 heteroatoms. The van der Waals surface area contributed by atoms with Crippen molar-refractivity contribution in [3.8, 4) is 40.1 Å². The van der Waals surface area contributed by atoms with Crippen molar-refractivity contribution in [2.45, 2.75) is 46.1 Å². The molecule has 2 amide bonds. The lowest BCUT2D eigenvalue weighted by Crippen LogP contribution is -2.40. The number of likely N-dealkylation sites (tertiary alicyclic amines) is 1. The minimum Gasteiger partial charge on any atom is -0.508 e. The Morgan fingerprint density at radius 3 is 2.33 bits per heavy atom. The number of aromatic hydroxyl groups is 2. The van der Waals surface area contributed by atoms with Gasteiger partial charge in [-0.05, 0) is 104 Å². The quantitative estimate of drug-likeness (QED) is 0.112. The number of rotatable bonds is 10. The van der Waals surface area contributed by atoms with E-state index < -0.39 is 5.91 Å². The molecule has 8 aromatic rings. The topological polar surface area (TPSA) is 183 Å². The number of carbonyl (C=O) groups is 3. The summed E-state index contributed by atoms with van der Waals surface area (Å²) < 4.78 is 21.5. The Kier molecular flexibility index (Phi) is 10.8. The molecule has 0 unspecified atom stereocenters. The molecule has 10 rings (SSSR count). The molecule has 0 saturated carbocycles. The minimum atomic E-state index is -0.449. The zero-order valence-corrected chi connectivity index (χ0v) is 36.4. The molecule has 66 heavy (non-hydrogen) atoms. The highest BCUT2D eigenvalue weighted by atomic mass is 16.6. The molecule has 4 aromatic heterocycles. The number of hydrogen-bond donors (Lipinski definition) is 3. The lowest BCUT2D eigenvalue weighted by molar-refractivity contribution is -0.143. The van der Waals surface area contributed by atoms with Gasteiger partial charge >= 0.3 is 5.97 Å². The van der Waals surface area contributed by atoms with E-state index >= 15 is 0 Å². The number of nitrogens with one attached hydrogen (secondary N) is 1. The summed E-state index contributed by atoms with van der Waals surface area (Å²) in [6.07, 6.45) is 6.46. The van der Waals surface area contributed by atoms with E-state index in [4.69, 9.17) is 19.2 Å². The number of nitrogens with zero attached hydrogens (tertiary/aromatic N) is 6. The highest BCUT2D eigenvalue weighted by Gasteiger charge is 2.31. The number of aromatic nitrogens is 5. The van der Waals surface area contributed by atoms with Gasteiger partial charge in [-0.2, -0.15) is 0 Å². The Labute approximate surface area is 378 Å². The van der Waals surface area contributed by atoms with Crippen LogP contribution in [0.5, 0.6) is 23.0 Å². The maximum atomic E-state index is 13.6. The number of phenolic OH excluding ortho intramolecular Hbond substituents is 2. The van der Waals surface area contributed by atoms with Gasteiger partial charge in [0, 0.05) is 71.2 Å². The summed E-state index contributed by atoms with van der Waals surface area (Å²) in [4.78, 5) is 46.9. The molecule has 4 aromatic carbocycles. The molecule has 0 bridgehead atoms. The van der Waals surface area contributed by atoms with Crippen LogP contribution in [0.2, 0.25) is 0 Å². The molecule has 15 nitrogen and oxygen atoms in total. The van der Waals surface area contributed by atoms with Crippen LogP contribution in [0.4, 0.5) is 0 Å². The van der Waals surface area contributed by atoms with E-state index in [0.717, 1.165) is 38.4 Å². The minimum absolute atomic E-state index is 0.0157. The molecule has 3 N–H and O–H groups in total. The number of pyridine rings is 2. The third-order valence-electron chi connectivity index (χ3n) is 12.1. The maximum Gasteiger partial charge on any atom is 0.314 e. The number of fused-ring (bicyclic) bond motifs is 5. The molecule has 2 aliphatic heterocycles. The van der Waals surface area contributed by atoms with Gasteiger partial charge in [0.1, 0.15) is 35.9 Å². The number of carbonyl (C=O) groups excluding carboxylic acids is 3. The van der Waals surface area contributed by atoms with Gasteiger partial charge in [0.15, 0.2) is 11.6 Å². The summed E-state index contributed by atoms with van der Waals surface area (Å²) in [5.41, 5.74) is 6.29. The van der Waals surface area contributed by atoms with Crippen molar-refractivity contribution < 1.29 is 38.8 Å². The standard InChI is InChI=1S/C51H45N7O8/c1-4-52-49(61)48-55-54-47(40-22-38(29(2)3)43(59)24-44(40)60)58(48)35-11-15-37(16-12-35)65-36-13-9-30(10-14-36)50(62)56-19-17-31(18-20-56)51(63)66-45-28-64-27-34-26-57-25-33-21-32-7-5-6-8-41(32)53-46(33)42(57)23-39(34)45/h5-16,21-26,28-29,31,59-60H,4,17-20,27H2,1-3H3,(H,52,61). The zero-order valence-electron chi connectivity index (χ0n) is 36.4. The van der Waals surface area contributed by atoms with E-state index in [0.29, 0.717) is 78.7 Å². The smallest absolute Gasteiger partial charge is 0.314 e. The van der Waals surface area contributed by atoms with Gasteiger partial charge < -0.3 is 39.0 Å². The number of para-hydroxylation sites is 1. The highest BCUT2D eigenvalue weighted by Crippen LogP contribution is 2.39. The van der Waals surface area contributed by atoms with Crippen LogP contribution in [0.25, 0.3) is 50.2 Å². The fraction of sp³-hybridized carbons (Fsp3) is 0.216. The monoisotopic (exact) mass is 883 g/mol. The molecular weight excluding hydrogens is 839 g/mol. The summed E-state index contributed by atoms with van der Waals surface area (Å²) in [5, 5.41) is 34.6. The number of piperidine rings is 1. The predicted molar refractivity (Wildman–Crippen MR) is 246 cm³/mol. The Hall–Kier alpha value is -8.20. The van der Waals surface area contributed by atoms with Gasteiger partial charge in [-0.3, -0.25) is 19.0 Å².